The van der Waals surface area contributed by atoms with Gasteiger partial charge in [0.1, 0.15) is 5.75 Å². The van der Waals surface area contributed by atoms with Crippen LogP contribution in [-0.2, 0) is 11.2 Å². The fourth-order valence-corrected chi connectivity index (χ4v) is 4.17. The van der Waals surface area contributed by atoms with Crippen molar-refractivity contribution < 1.29 is 9.53 Å². The molecule has 23 heavy (non-hydrogen) atoms. The summed E-state index contributed by atoms with van der Waals surface area (Å²) in [6.45, 7) is 0.719. The van der Waals surface area contributed by atoms with E-state index in [0.717, 1.165) is 31.6 Å². The minimum atomic E-state index is 0. The molecule has 2 fully saturated rings. The van der Waals surface area contributed by atoms with E-state index in [1.54, 1.807) is 7.11 Å². The second-order valence-corrected chi connectivity index (χ2v) is 6.68. The van der Waals surface area contributed by atoms with Crippen LogP contribution in [0.3, 0.4) is 0 Å². The van der Waals surface area contributed by atoms with Crippen molar-refractivity contribution in [2.45, 2.75) is 38.1 Å². The number of halogens is 1. The Morgan fingerprint density at radius 2 is 2.13 bits per heavy atom. The third-order valence-corrected chi connectivity index (χ3v) is 5.36. The molecule has 0 aromatic heterocycles. The zero-order chi connectivity index (χ0) is 15.5. The lowest BCUT2D eigenvalue weighted by molar-refractivity contribution is -0.127. The molecule has 1 amide bonds. The Morgan fingerprint density at radius 3 is 2.83 bits per heavy atom. The van der Waals surface area contributed by atoms with Gasteiger partial charge in [-0.1, -0.05) is 12.1 Å². The Hall–Kier alpha value is -1.26. The summed E-state index contributed by atoms with van der Waals surface area (Å²) >= 11 is 0. The van der Waals surface area contributed by atoms with Crippen LogP contribution in [0.2, 0.25) is 0 Å². The molecule has 2 aliphatic carbocycles. The Kier molecular flexibility index (Phi) is 6.31. The van der Waals surface area contributed by atoms with Gasteiger partial charge in [0.25, 0.3) is 0 Å². The van der Waals surface area contributed by atoms with Gasteiger partial charge in [-0.2, -0.15) is 0 Å². The van der Waals surface area contributed by atoms with Crippen molar-refractivity contribution in [2.75, 3.05) is 13.7 Å². The highest BCUT2D eigenvalue weighted by atomic mass is 35.5. The molecule has 1 aromatic carbocycles. The molecule has 128 valence electrons. The summed E-state index contributed by atoms with van der Waals surface area (Å²) in [5.74, 6) is 2.21. The Bertz CT molecular complexity index is 536. The lowest BCUT2D eigenvalue weighted by Crippen LogP contribution is -2.45. The molecule has 2 saturated carbocycles. The Balaban J connectivity index is 0.00000192. The first kappa shape index (κ1) is 18.1. The number of carbonyl (C=O) groups excluding carboxylic acids is 1. The van der Waals surface area contributed by atoms with Crippen molar-refractivity contribution in [3.8, 4) is 5.75 Å². The number of hydrogen-bond acceptors (Lipinski definition) is 3. The molecule has 4 unspecified atom stereocenters. The fraction of sp³-hybridized carbons (Fsp3) is 0.611. The summed E-state index contributed by atoms with van der Waals surface area (Å²) in [5, 5.41) is 3.09. The van der Waals surface area contributed by atoms with E-state index < -0.39 is 0 Å². The quantitative estimate of drug-likeness (QED) is 0.783. The smallest absolute Gasteiger partial charge is 0.224 e. The van der Waals surface area contributed by atoms with Gasteiger partial charge in [-0.15, -0.1) is 12.4 Å². The third kappa shape index (κ3) is 3.99. The first-order valence-electron chi connectivity index (χ1n) is 8.35. The molecule has 2 bridgehead atoms. The maximum atomic E-state index is 12.3. The number of ether oxygens (including phenoxy) is 1. The molecule has 4 nitrogen and oxygen atoms in total. The summed E-state index contributed by atoms with van der Waals surface area (Å²) in [7, 11) is 1.68. The molecule has 0 saturated heterocycles. The van der Waals surface area contributed by atoms with Crippen molar-refractivity contribution in [1.82, 2.24) is 5.32 Å². The molecule has 0 radical (unpaired) electrons. The highest BCUT2D eigenvalue weighted by Crippen LogP contribution is 2.47. The number of fused-ring (bicyclic) bond motifs is 2. The predicted molar refractivity (Wildman–Crippen MR) is 93.9 cm³/mol. The van der Waals surface area contributed by atoms with Crippen LogP contribution in [0.5, 0.6) is 5.75 Å². The van der Waals surface area contributed by atoms with Crippen LogP contribution in [0.1, 0.15) is 31.2 Å². The molecule has 4 atom stereocenters. The van der Waals surface area contributed by atoms with Crippen LogP contribution in [-0.4, -0.2) is 25.6 Å². The van der Waals surface area contributed by atoms with Crippen molar-refractivity contribution in [3.63, 3.8) is 0 Å². The van der Waals surface area contributed by atoms with Gasteiger partial charge in [0.2, 0.25) is 5.91 Å². The number of amides is 1. The van der Waals surface area contributed by atoms with Crippen LogP contribution >= 0.6 is 12.4 Å². The Labute approximate surface area is 144 Å². The van der Waals surface area contributed by atoms with Crippen molar-refractivity contribution >= 4 is 18.3 Å². The lowest BCUT2D eigenvalue weighted by atomic mass is 9.84. The number of rotatable bonds is 6. The first-order chi connectivity index (χ1) is 10.7. The van der Waals surface area contributed by atoms with E-state index in [0.29, 0.717) is 11.8 Å². The summed E-state index contributed by atoms with van der Waals surface area (Å²) in [6, 6.07) is 8.17. The molecule has 0 heterocycles. The number of aryl methyl sites for hydroxylation is 1. The molecular formula is C18H27ClN2O2. The number of carbonyl (C=O) groups is 1. The van der Waals surface area contributed by atoms with Gasteiger partial charge in [0.15, 0.2) is 0 Å². The van der Waals surface area contributed by atoms with Crippen LogP contribution in [0.4, 0.5) is 0 Å². The number of nitrogens with two attached hydrogens (primary N) is 1. The number of methoxy groups -OCH3 is 1. The van der Waals surface area contributed by atoms with Gasteiger partial charge >= 0.3 is 0 Å². The van der Waals surface area contributed by atoms with Crippen LogP contribution in [0, 0.1) is 17.8 Å². The molecule has 3 rings (SSSR count). The van der Waals surface area contributed by atoms with E-state index in [1.165, 1.54) is 18.4 Å². The molecule has 1 aromatic rings. The van der Waals surface area contributed by atoms with Crippen LogP contribution in [0.25, 0.3) is 0 Å². The van der Waals surface area contributed by atoms with Gasteiger partial charge < -0.3 is 15.8 Å². The highest BCUT2D eigenvalue weighted by Gasteiger charge is 2.48. The second-order valence-electron chi connectivity index (χ2n) is 6.68. The van der Waals surface area contributed by atoms with E-state index in [2.05, 4.69) is 11.4 Å². The standard InChI is InChI=1S/C18H26N2O2.ClH/c1-22-15-6-2-4-12(10-15)5-3-9-20-18(21)16-13-7-8-14(11-13)17(16)19;/h2,4,6,10,13-14,16-17H,3,5,7-9,11,19H2,1H3,(H,20,21);1H. The molecule has 5 heteroatoms. The average molecular weight is 339 g/mol. The summed E-state index contributed by atoms with van der Waals surface area (Å²) < 4.78 is 5.22. The summed E-state index contributed by atoms with van der Waals surface area (Å²) in [6.07, 6.45) is 5.43. The van der Waals surface area contributed by atoms with Gasteiger partial charge in [0, 0.05) is 12.6 Å². The molecule has 0 aliphatic heterocycles. The topological polar surface area (TPSA) is 64.3 Å². The van der Waals surface area contributed by atoms with E-state index >= 15 is 0 Å². The van der Waals surface area contributed by atoms with Crippen molar-refractivity contribution in [2.24, 2.45) is 23.5 Å². The molecule has 3 N–H and O–H groups in total. The largest absolute Gasteiger partial charge is 0.497 e. The van der Waals surface area contributed by atoms with Gasteiger partial charge in [-0.05, 0) is 61.6 Å². The molecule has 0 spiro atoms. The fourth-order valence-electron chi connectivity index (χ4n) is 4.17. The molecule has 2 aliphatic rings. The monoisotopic (exact) mass is 338 g/mol. The number of benzene rings is 1. The van der Waals surface area contributed by atoms with E-state index in [-0.39, 0.29) is 30.3 Å². The highest BCUT2D eigenvalue weighted by molar-refractivity contribution is 5.85. The number of nitrogens with one attached hydrogen (secondary N) is 1. The van der Waals surface area contributed by atoms with Crippen LogP contribution < -0.4 is 15.8 Å². The normalized spacial score (nSPS) is 28.3. The van der Waals surface area contributed by atoms with Crippen molar-refractivity contribution in [3.05, 3.63) is 29.8 Å². The van der Waals surface area contributed by atoms with Crippen molar-refractivity contribution in [1.29, 1.82) is 0 Å². The average Bonchev–Trinajstić information content (AvgIpc) is 3.12. The minimum Gasteiger partial charge on any atom is -0.497 e. The van der Waals surface area contributed by atoms with E-state index in [1.807, 2.05) is 18.2 Å². The zero-order valence-electron chi connectivity index (χ0n) is 13.7. The maximum absolute atomic E-state index is 12.3. The molecular weight excluding hydrogens is 312 g/mol. The minimum absolute atomic E-state index is 0. The number of hydrogen-bond donors (Lipinski definition) is 2. The summed E-state index contributed by atoms with van der Waals surface area (Å²) in [4.78, 5) is 12.3. The van der Waals surface area contributed by atoms with E-state index in [9.17, 15) is 4.79 Å². The van der Waals surface area contributed by atoms with Gasteiger partial charge in [-0.25, -0.2) is 0 Å². The first-order valence-corrected chi connectivity index (χ1v) is 8.35. The van der Waals surface area contributed by atoms with Crippen LogP contribution in [0.15, 0.2) is 24.3 Å². The summed E-state index contributed by atoms with van der Waals surface area (Å²) in [5.41, 5.74) is 7.46. The SMILES string of the molecule is COc1cccc(CCCNC(=O)C2C3CCC(C3)C2N)c1.Cl. The maximum Gasteiger partial charge on any atom is 0.224 e. The van der Waals surface area contributed by atoms with Gasteiger partial charge in [-0.3, -0.25) is 4.79 Å². The van der Waals surface area contributed by atoms with Gasteiger partial charge in [0.05, 0.1) is 13.0 Å². The Morgan fingerprint density at radius 1 is 1.35 bits per heavy atom. The predicted octanol–water partition coefficient (Wildman–Crippen LogP) is 2.54. The van der Waals surface area contributed by atoms with E-state index in [4.69, 9.17) is 10.5 Å². The zero-order valence-corrected chi connectivity index (χ0v) is 14.5. The second kappa shape index (κ2) is 8.02. The lowest BCUT2D eigenvalue weighted by Gasteiger charge is -2.27. The third-order valence-electron chi connectivity index (χ3n) is 5.36.